The fraction of sp³-hybridized carbons (Fsp3) is 0.261. The van der Waals surface area contributed by atoms with Crippen molar-refractivity contribution in [2.75, 3.05) is 16.8 Å². The predicted molar refractivity (Wildman–Crippen MR) is 123 cm³/mol. The lowest BCUT2D eigenvalue weighted by molar-refractivity contribution is -0.126. The maximum atomic E-state index is 13.3. The number of nitrogens with zero attached hydrogens (tertiary/aromatic N) is 1. The number of halogens is 1. The third-order valence-corrected chi connectivity index (χ3v) is 6.57. The normalized spacial score (nSPS) is 28.2. The fourth-order valence-corrected chi connectivity index (χ4v) is 4.90. The van der Waals surface area contributed by atoms with Gasteiger partial charge in [-0.1, -0.05) is 41.4 Å². The largest absolute Gasteiger partial charge is 0.360 e. The highest BCUT2D eigenvalue weighted by atomic mass is 35.5. The monoisotopic (exact) mass is 453 g/mol. The molecule has 5 rings (SSSR count). The Labute approximate surface area is 190 Å². The van der Waals surface area contributed by atoms with Crippen molar-refractivity contribution in [2.45, 2.75) is 18.6 Å². The van der Waals surface area contributed by atoms with Crippen LogP contribution in [0.5, 0.6) is 0 Å². The first-order valence-corrected chi connectivity index (χ1v) is 10.8. The number of fused-ring (bicyclic) bond motifs is 5. The standard InChI is InChI=1S/C23H20ClN3O3S/c1-13-2-8-16(9-3-13)27-20(28)18-17-10-11-23(30-17,19(18)21(27)29)12-25-22(31)26-15-6-4-14(24)5-7-15/h2-11,17-19H,12H2,1H3,(H2,25,26,31)/t17-,18+,19-,23+/m1/s1. The van der Waals surface area contributed by atoms with Crippen molar-refractivity contribution in [3.05, 3.63) is 71.3 Å². The lowest BCUT2D eigenvalue weighted by atomic mass is 9.77. The molecule has 0 spiro atoms. The second kappa shape index (κ2) is 7.44. The number of hydrogen-bond donors (Lipinski definition) is 2. The summed E-state index contributed by atoms with van der Waals surface area (Å²) < 4.78 is 6.14. The molecule has 2 aromatic rings. The lowest BCUT2D eigenvalue weighted by Gasteiger charge is -2.29. The maximum Gasteiger partial charge on any atom is 0.241 e. The molecule has 2 bridgehead atoms. The van der Waals surface area contributed by atoms with Crippen molar-refractivity contribution in [2.24, 2.45) is 11.8 Å². The predicted octanol–water partition coefficient (Wildman–Crippen LogP) is 3.45. The first-order valence-electron chi connectivity index (χ1n) is 10.00. The van der Waals surface area contributed by atoms with E-state index in [4.69, 9.17) is 28.6 Å². The van der Waals surface area contributed by atoms with Crippen LogP contribution in [0.4, 0.5) is 11.4 Å². The maximum absolute atomic E-state index is 13.3. The number of amides is 2. The minimum atomic E-state index is -0.909. The van der Waals surface area contributed by atoms with Crippen LogP contribution in [-0.4, -0.2) is 35.2 Å². The van der Waals surface area contributed by atoms with Gasteiger partial charge in [-0.3, -0.25) is 9.59 Å². The van der Waals surface area contributed by atoms with Crippen molar-refractivity contribution >= 4 is 52.1 Å². The number of rotatable bonds is 4. The summed E-state index contributed by atoms with van der Waals surface area (Å²) in [5.74, 6) is -1.54. The van der Waals surface area contributed by atoms with E-state index in [-0.39, 0.29) is 18.4 Å². The molecule has 2 saturated heterocycles. The van der Waals surface area contributed by atoms with Crippen LogP contribution in [0, 0.1) is 18.8 Å². The molecule has 8 heteroatoms. The number of nitrogens with one attached hydrogen (secondary N) is 2. The van der Waals surface area contributed by atoms with E-state index < -0.39 is 23.5 Å². The number of benzene rings is 2. The Morgan fingerprint density at radius 3 is 2.55 bits per heavy atom. The highest BCUT2D eigenvalue weighted by Crippen LogP contribution is 2.52. The summed E-state index contributed by atoms with van der Waals surface area (Å²) in [6.45, 7) is 2.24. The zero-order valence-corrected chi connectivity index (χ0v) is 18.2. The number of hydrogen-bond acceptors (Lipinski definition) is 4. The minimum absolute atomic E-state index is 0.211. The van der Waals surface area contributed by atoms with Crippen molar-refractivity contribution < 1.29 is 14.3 Å². The number of carbonyl (C=O) groups excluding carboxylic acids is 2. The molecule has 0 radical (unpaired) electrons. The summed E-state index contributed by atoms with van der Waals surface area (Å²) in [6.07, 6.45) is 3.36. The molecule has 3 aliphatic heterocycles. The van der Waals surface area contributed by atoms with Crippen LogP contribution in [0.15, 0.2) is 60.7 Å². The van der Waals surface area contributed by atoms with Crippen molar-refractivity contribution in [3.63, 3.8) is 0 Å². The second-order valence-electron chi connectivity index (χ2n) is 8.06. The Kier molecular flexibility index (Phi) is 4.84. The first kappa shape index (κ1) is 20.2. The van der Waals surface area contributed by atoms with Crippen LogP contribution < -0.4 is 15.5 Å². The molecule has 0 unspecified atom stereocenters. The summed E-state index contributed by atoms with van der Waals surface area (Å²) in [5.41, 5.74) is 1.54. The highest BCUT2D eigenvalue weighted by Gasteiger charge is 2.67. The van der Waals surface area contributed by atoms with Crippen LogP contribution in [0.1, 0.15) is 5.56 Å². The van der Waals surface area contributed by atoms with E-state index in [1.807, 2.05) is 43.3 Å². The summed E-state index contributed by atoms with van der Waals surface area (Å²) in [5, 5.41) is 7.27. The SMILES string of the molecule is Cc1ccc(N2C(=O)[C@H]3[C@H]4C=C[C@@](CNC(=S)Nc5ccc(Cl)cc5)(O4)[C@H]3C2=O)cc1. The van der Waals surface area contributed by atoms with Gasteiger partial charge in [0.05, 0.1) is 30.2 Å². The van der Waals surface area contributed by atoms with Crippen LogP contribution >= 0.6 is 23.8 Å². The molecule has 3 aliphatic rings. The molecular formula is C23H20ClN3O3S. The van der Waals surface area contributed by atoms with E-state index in [9.17, 15) is 9.59 Å². The molecule has 31 heavy (non-hydrogen) atoms. The molecule has 6 nitrogen and oxygen atoms in total. The average molecular weight is 454 g/mol. The number of imide groups is 1. The van der Waals surface area contributed by atoms with Crippen molar-refractivity contribution in [1.29, 1.82) is 0 Å². The summed E-state index contributed by atoms with van der Waals surface area (Å²) >= 11 is 11.3. The molecule has 2 aromatic carbocycles. The molecule has 0 aliphatic carbocycles. The Morgan fingerprint density at radius 1 is 1.13 bits per heavy atom. The van der Waals surface area contributed by atoms with Gasteiger partial charge in [-0.2, -0.15) is 0 Å². The molecule has 2 amide bonds. The molecule has 4 atom stereocenters. The Balaban J connectivity index is 1.33. The molecule has 3 heterocycles. The first-order chi connectivity index (χ1) is 14.9. The van der Waals surface area contributed by atoms with Crippen LogP contribution in [0.2, 0.25) is 5.02 Å². The zero-order valence-electron chi connectivity index (χ0n) is 16.7. The van der Waals surface area contributed by atoms with Crippen molar-refractivity contribution in [1.82, 2.24) is 5.32 Å². The third-order valence-electron chi connectivity index (χ3n) is 6.07. The van der Waals surface area contributed by atoms with Gasteiger partial charge in [-0.15, -0.1) is 0 Å². The Bertz CT molecular complexity index is 1100. The van der Waals surface area contributed by atoms with Crippen LogP contribution in [0.25, 0.3) is 0 Å². The van der Waals surface area contributed by atoms with E-state index in [0.717, 1.165) is 11.3 Å². The third kappa shape index (κ3) is 3.33. The number of thiocarbonyl (C=S) groups is 1. The molecular weight excluding hydrogens is 434 g/mol. The van der Waals surface area contributed by atoms with Gasteiger partial charge in [-0.25, -0.2) is 4.90 Å². The van der Waals surface area contributed by atoms with Gasteiger partial charge in [0, 0.05) is 10.7 Å². The Morgan fingerprint density at radius 2 is 1.84 bits per heavy atom. The number of ether oxygens (including phenoxy) is 1. The number of anilines is 2. The topological polar surface area (TPSA) is 70.7 Å². The minimum Gasteiger partial charge on any atom is -0.360 e. The smallest absolute Gasteiger partial charge is 0.241 e. The van der Waals surface area contributed by atoms with Gasteiger partial charge in [0.1, 0.15) is 5.60 Å². The van der Waals surface area contributed by atoms with Gasteiger partial charge in [-0.05, 0) is 55.5 Å². The second-order valence-corrected chi connectivity index (χ2v) is 8.91. The van der Waals surface area contributed by atoms with Gasteiger partial charge in [0.15, 0.2) is 5.11 Å². The van der Waals surface area contributed by atoms with E-state index in [0.29, 0.717) is 15.8 Å². The molecule has 0 saturated carbocycles. The number of carbonyl (C=O) groups is 2. The van der Waals surface area contributed by atoms with Gasteiger partial charge in [0.25, 0.3) is 0 Å². The molecule has 2 N–H and O–H groups in total. The fourth-order valence-electron chi connectivity index (χ4n) is 4.58. The van der Waals surface area contributed by atoms with E-state index >= 15 is 0 Å². The highest BCUT2D eigenvalue weighted by molar-refractivity contribution is 7.80. The van der Waals surface area contributed by atoms with Crippen LogP contribution in [-0.2, 0) is 14.3 Å². The molecule has 0 aromatic heterocycles. The van der Waals surface area contributed by atoms with Crippen molar-refractivity contribution in [3.8, 4) is 0 Å². The quantitative estimate of drug-likeness (QED) is 0.420. The van der Waals surface area contributed by atoms with E-state index in [1.165, 1.54) is 4.90 Å². The summed E-state index contributed by atoms with van der Waals surface area (Å²) in [4.78, 5) is 27.8. The average Bonchev–Trinajstić information content (AvgIpc) is 3.40. The zero-order chi connectivity index (χ0) is 21.8. The van der Waals surface area contributed by atoms with E-state index in [2.05, 4.69) is 10.6 Å². The van der Waals surface area contributed by atoms with Crippen LogP contribution in [0.3, 0.4) is 0 Å². The van der Waals surface area contributed by atoms with E-state index in [1.54, 1.807) is 24.3 Å². The Hall–Kier alpha value is -2.74. The summed E-state index contributed by atoms with van der Waals surface area (Å²) in [6, 6.07) is 14.6. The summed E-state index contributed by atoms with van der Waals surface area (Å²) in [7, 11) is 0. The van der Waals surface area contributed by atoms with Gasteiger partial charge >= 0.3 is 0 Å². The lowest BCUT2D eigenvalue weighted by Crippen LogP contribution is -2.49. The molecule has 2 fully saturated rings. The van der Waals surface area contributed by atoms with Gasteiger partial charge < -0.3 is 15.4 Å². The molecule has 158 valence electrons. The van der Waals surface area contributed by atoms with Gasteiger partial charge in [0.2, 0.25) is 11.8 Å². The number of aryl methyl sites for hydroxylation is 1.